The standard InChI is InChI=1S/C14H30O2Si/c1-14(2,3)17(4,5)16-10-6-7-12-11-13(12)8-9-15/h12-13,15H,6-11H2,1-5H3/t12-,13+/m0/s1. The molecule has 0 aromatic rings. The van der Waals surface area contributed by atoms with Crippen molar-refractivity contribution in [2.45, 2.75) is 64.6 Å². The monoisotopic (exact) mass is 258 g/mol. The quantitative estimate of drug-likeness (QED) is 0.556. The molecule has 0 heterocycles. The summed E-state index contributed by atoms with van der Waals surface area (Å²) in [5.41, 5.74) is 0. The fraction of sp³-hybridized carbons (Fsp3) is 1.00. The topological polar surface area (TPSA) is 29.5 Å². The maximum Gasteiger partial charge on any atom is 0.191 e. The average Bonchev–Trinajstić information content (AvgIpc) is 2.90. The highest BCUT2D eigenvalue weighted by Gasteiger charge is 2.38. The Morgan fingerprint density at radius 1 is 1.18 bits per heavy atom. The van der Waals surface area contributed by atoms with Crippen molar-refractivity contribution >= 4 is 8.32 Å². The van der Waals surface area contributed by atoms with Gasteiger partial charge in [0.1, 0.15) is 0 Å². The van der Waals surface area contributed by atoms with Gasteiger partial charge in [-0.15, -0.1) is 0 Å². The van der Waals surface area contributed by atoms with Crippen LogP contribution in [0.15, 0.2) is 0 Å². The summed E-state index contributed by atoms with van der Waals surface area (Å²) >= 11 is 0. The van der Waals surface area contributed by atoms with Crippen molar-refractivity contribution in [2.75, 3.05) is 13.2 Å². The number of aliphatic hydroxyl groups excluding tert-OH is 1. The van der Waals surface area contributed by atoms with E-state index < -0.39 is 8.32 Å². The molecule has 17 heavy (non-hydrogen) atoms. The molecule has 1 fully saturated rings. The van der Waals surface area contributed by atoms with Gasteiger partial charge in [0.15, 0.2) is 8.32 Å². The van der Waals surface area contributed by atoms with E-state index in [2.05, 4.69) is 33.9 Å². The summed E-state index contributed by atoms with van der Waals surface area (Å²) in [6, 6.07) is 0. The predicted octanol–water partition coefficient (Wildman–Crippen LogP) is 3.81. The molecule has 0 radical (unpaired) electrons. The van der Waals surface area contributed by atoms with Gasteiger partial charge in [-0.25, -0.2) is 0 Å². The predicted molar refractivity (Wildman–Crippen MR) is 75.7 cm³/mol. The van der Waals surface area contributed by atoms with Crippen LogP contribution in [0.1, 0.15) is 46.5 Å². The summed E-state index contributed by atoms with van der Waals surface area (Å²) in [5.74, 6) is 1.69. The van der Waals surface area contributed by atoms with Crippen molar-refractivity contribution in [3.63, 3.8) is 0 Å². The number of aliphatic hydroxyl groups is 1. The maximum absolute atomic E-state index is 8.84. The third kappa shape index (κ3) is 4.72. The van der Waals surface area contributed by atoms with Crippen molar-refractivity contribution in [1.29, 1.82) is 0 Å². The van der Waals surface area contributed by atoms with Crippen LogP contribution in [0.3, 0.4) is 0 Å². The first-order chi connectivity index (χ1) is 7.78. The van der Waals surface area contributed by atoms with Gasteiger partial charge < -0.3 is 9.53 Å². The third-order valence-corrected chi connectivity index (χ3v) is 9.10. The fourth-order valence-electron chi connectivity index (χ4n) is 2.07. The summed E-state index contributed by atoms with van der Waals surface area (Å²) in [6.07, 6.45) is 4.83. The van der Waals surface area contributed by atoms with Gasteiger partial charge in [0.2, 0.25) is 0 Å². The molecule has 0 bridgehead atoms. The zero-order valence-electron chi connectivity index (χ0n) is 12.3. The molecule has 0 aromatic heterocycles. The second kappa shape index (κ2) is 5.85. The Labute approximate surface area is 108 Å². The molecule has 1 aliphatic rings. The Morgan fingerprint density at radius 3 is 2.29 bits per heavy atom. The second-order valence-corrected chi connectivity index (χ2v) is 11.8. The Morgan fingerprint density at radius 2 is 1.76 bits per heavy atom. The highest BCUT2D eigenvalue weighted by molar-refractivity contribution is 6.74. The lowest BCUT2D eigenvalue weighted by Crippen LogP contribution is -2.40. The zero-order chi connectivity index (χ0) is 13.1. The largest absolute Gasteiger partial charge is 0.417 e. The van der Waals surface area contributed by atoms with Gasteiger partial charge in [0.25, 0.3) is 0 Å². The summed E-state index contributed by atoms with van der Waals surface area (Å²) in [7, 11) is -1.53. The lowest BCUT2D eigenvalue weighted by atomic mass is 10.1. The SMILES string of the molecule is CC(C)(C)[Si](C)(C)OCCC[C@H]1C[C@H]1CCO. The number of hydrogen-bond acceptors (Lipinski definition) is 2. The van der Waals surface area contributed by atoms with Gasteiger partial charge in [-0.1, -0.05) is 20.8 Å². The first kappa shape index (κ1) is 15.2. The highest BCUT2D eigenvalue weighted by Crippen LogP contribution is 2.44. The van der Waals surface area contributed by atoms with Gasteiger partial charge in [0, 0.05) is 13.2 Å². The van der Waals surface area contributed by atoms with Crippen LogP contribution in [-0.4, -0.2) is 26.6 Å². The highest BCUT2D eigenvalue weighted by atomic mass is 28.4. The minimum atomic E-state index is -1.53. The first-order valence-electron chi connectivity index (χ1n) is 7.03. The van der Waals surface area contributed by atoms with Crippen molar-refractivity contribution < 1.29 is 9.53 Å². The van der Waals surface area contributed by atoms with Crippen LogP contribution in [0.5, 0.6) is 0 Å². The Hall–Kier alpha value is 0.137. The summed E-state index contributed by atoms with van der Waals surface area (Å²) < 4.78 is 6.16. The van der Waals surface area contributed by atoms with Crippen molar-refractivity contribution in [2.24, 2.45) is 11.8 Å². The molecular formula is C14H30O2Si. The van der Waals surface area contributed by atoms with Gasteiger partial charge in [-0.05, 0) is 55.7 Å². The molecule has 2 atom stereocenters. The van der Waals surface area contributed by atoms with E-state index in [1.807, 2.05) is 0 Å². The molecule has 1 saturated carbocycles. The lowest BCUT2D eigenvalue weighted by molar-refractivity contribution is 0.266. The van der Waals surface area contributed by atoms with Crippen LogP contribution in [0.4, 0.5) is 0 Å². The summed E-state index contributed by atoms with van der Waals surface area (Å²) in [6.45, 7) is 12.8. The Bertz CT molecular complexity index is 233. The first-order valence-corrected chi connectivity index (χ1v) is 9.93. The van der Waals surface area contributed by atoms with Crippen molar-refractivity contribution in [3.05, 3.63) is 0 Å². The van der Waals surface area contributed by atoms with E-state index in [0.29, 0.717) is 11.6 Å². The second-order valence-electron chi connectivity index (χ2n) is 7.02. The zero-order valence-corrected chi connectivity index (χ0v) is 13.3. The van der Waals surface area contributed by atoms with Crippen LogP contribution in [-0.2, 0) is 4.43 Å². The molecule has 1 aliphatic carbocycles. The van der Waals surface area contributed by atoms with Crippen LogP contribution in [0.25, 0.3) is 0 Å². The van der Waals surface area contributed by atoms with Gasteiger partial charge in [0.05, 0.1) is 0 Å². The normalized spacial score (nSPS) is 25.1. The lowest BCUT2D eigenvalue weighted by Gasteiger charge is -2.36. The Balaban J connectivity index is 2.09. The minimum absolute atomic E-state index is 0.325. The van der Waals surface area contributed by atoms with E-state index in [9.17, 15) is 0 Å². The maximum atomic E-state index is 8.84. The van der Waals surface area contributed by atoms with Crippen molar-refractivity contribution in [1.82, 2.24) is 0 Å². The van der Waals surface area contributed by atoms with E-state index in [4.69, 9.17) is 9.53 Å². The molecule has 0 aromatic carbocycles. The van der Waals surface area contributed by atoms with Gasteiger partial charge in [-0.2, -0.15) is 0 Å². The smallest absolute Gasteiger partial charge is 0.191 e. The van der Waals surface area contributed by atoms with Crippen molar-refractivity contribution in [3.8, 4) is 0 Å². The van der Waals surface area contributed by atoms with Crippen LogP contribution < -0.4 is 0 Å². The van der Waals surface area contributed by atoms with E-state index in [-0.39, 0.29) is 0 Å². The van der Waals surface area contributed by atoms with Crippen LogP contribution >= 0.6 is 0 Å². The molecule has 3 heteroatoms. The van der Waals surface area contributed by atoms with Crippen LogP contribution in [0.2, 0.25) is 18.1 Å². The van der Waals surface area contributed by atoms with E-state index in [1.54, 1.807) is 0 Å². The molecule has 1 N–H and O–H groups in total. The Kier molecular flexibility index (Phi) is 5.23. The van der Waals surface area contributed by atoms with Crippen LogP contribution in [0, 0.1) is 11.8 Å². The third-order valence-electron chi connectivity index (χ3n) is 4.56. The molecule has 0 aliphatic heterocycles. The molecule has 0 unspecified atom stereocenters. The average molecular weight is 258 g/mol. The fourth-order valence-corrected chi connectivity index (χ4v) is 3.16. The molecule has 0 amide bonds. The molecule has 1 rings (SSSR count). The van der Waals surface area contributed by atoms with Gasteiger partial charge >= 0.3 is 0 Å². The van der Waals surface area contributed by atoms with E-state index >= 15 is 0 Å². The molecular weight excluding hydrogens is 228 g/mol. The van der Waals surface area contributed by atoms with E-state index in [0.717, 1.165) is 24.9 Å². The number of hydrogen-bond donors (Lipinski definition) is 1. The molecule has 102 valence electrons. The minimum Gasteiger partial charge on any atom is -0.417 e. The summed E-state index contributed by atoms with van der Waals surface area (Å²) in [4.78, 5) is 0. The molecule has 0 spiro atoms. The number of rotatable bonds is 7. The summed E-state index contributed by atoms with van der Waals surface area (Å²) in [5, 5.41) is 9.17. The molecule has 2 nitrogen and oxygen atoms in total. The van der Waals surface area contributed by atoms with Gasteiger partial charge in [-0.3, -0.25) is 0 Å². The van der Waals surface area contributed by atoms with E-state index in [1.165, 1.54) is 19.3 Å². The molecule has 0 saturated heterocycles.